The van der Waals surface area contributed by atoms with Gasteiger partial charge in [0.2, 0.25) is 0 Å². The van der Waals surface area contributed by atoms with Crippen molar-refractivity contribution in [3.05, 3.63) is 158 Å². The highest BCUT2D eigenvalue weighted by Gasteiger charge is 2.29. The van der Waals surface area contributed by atoms with Gasteiger partial charge >= 0.3 is 0 Å². The van der Waals surface area contributed by atoms with Crippen LogP contribution in [0, 0.1) is 24.0 Å². The number of aryl methyl sites for hydroxylation is 3. The summed E-state index contributed by atoms with van der Waals surface area (Å²) in [6.45, 7) is 4.75. The molecule has 0 aromatic heterocycles. The summed E-state index contributed by atoms with van der Waals surface area (Å²) < 4.78 is 40.5. The maximum absolute atomic E-state index is 13.6. The highest BCUT2D eigenvalue weighted by Crippen LogP contribution is 2.28. The Balaban J connectivity index is 1.24. The Morgan fingerprint density at radius 1 is 0.800 bits per heavy atom. The Morgan fingerprint density at radius 3 is 2.05 bits per heavy atom. The molecule has 5 rings (SSSR count). The first-order valence-corrected chi connectivity index (χ1v) is 19.4. The molecule has 0 saturated heterocycles. The number of benzene rings is 5. The van der Waals surface area contributed by atoms with Crippen LogP contribution in [0.2, 0.25) is 5.02 Å². The van der Waals surface area contributed by atoms with Gasteiger partial charge in [-0.2, -0.15) is 0 Å². The molecule has 55 heavy (non-hydrogen) atoms. The van der Waals surface area contributed by atoms with Crippen LogP contribution in [0.25, 0.3) is 0 Å². The minimum absolute atomic E-state index is 0.0788. The Bertz CT molecular complexity index is 2200. The summed E-state index contributed by atoms with van der Waals surface area (Å²) in [4.78, 5) is 37.5. The van der Waals surface area contributed by atoms with Gasteiger partial charge in [0, 0.05) is 29.6 Å². The van der Waals surface area contributed by atoms with E-state index in [2.05, 4.69) is 10.6 Å². The van der Waals surface area contributed by atoms with Crippen molar-refractivity contribution in [3.8, 4) is 11.5 Å². The molecular weight excluding hydrogens is 744 g/mol. The number of halogens is 1. The largest absolute Gasteiger partial charge is 0.490 e. The average Bonchev–Trinajstić information content (AvgIpc) is 3.18. The van der Waals surface area contributed by atoms with E-state index >= 15 is 0 Å². The summed E-state index contributed by atoms with van der Waals surface area (Å²) in [6, 6.07) is 30.4. The molecule has 0 radical (unpaired) electrons. The fraction of sp³-hybridized carbons (Fsp3) is 0.220. The maximum Gasteiger partial charge on any atom is 0.293 e. The summed E-state index contributed by atoms with van der Waals surface area (Å²) in [5.74, 6) is -0.411. The van der Waals surface area contributed by atoms with E-state index in [4.69, 9.17) is 21.1 Å². The van der Waals surface area contributed by atoms with Crippen LogP contribution in [0.1, 0.15) is 39.0 Å². The molecule has 5 aromatic rings. The van der Waals surface area contributed by atoms with E-state index in [1.165, 1.54) is 12.1 Å². The summed E-state index contributed by atoms with van der Waals surface area (Å²) in [5.41, 5.74) is 3.48. The average molecular weight is 785 g/mol. The molecule has 0 aliphatic heterocycles. The molecule has 0 saturated carbocycles. The number of sulfonamides is 1. The molecule has 12 nitrogen and oxygen atoms in total. The van der Waals surface area contributed by atoms with E-state index < -0.39 is 43.4 Å². The molecule has 0 heterocycles. The fourth-order valence-corrected chi connectivity index (χ4v) is 6.86. The zero-order valence-corrected chi connectivity index (χ0v) is 31.9. The van der Waals surface area contributed by atoms with E-state index in [0.717, 1.165) is 29.2 Å². The van der Waals surface area contributed by atoms with Gasteiger partial charge in [0.15, 0.2) is 0 Å². The number of carbonyl (C=O) groups excluding carboxylic acids is 2. The summed E-state index contributed by atoms with van der Waals surface area (Å²) in [5, 5.41) is 18.3. The third-order valence-electron chi connectivity index (χ3n) is 8.56. The normalized spacial score (nSPS) is 11.6. The number of ether oxygens (including phenoxy) is 2. The third-order valence-corrected chi connectivity index (χ3v) is 10.5. The predicted octanol–water partition coefficient (Wildman–Crippen LogP) is 7.21. The first-order chi connectivity index (χ1) is 26.4. The van der Waals surface area contributed by atoms with E-state index in [0.29, 0.717) is 35.1 Å². The Kier molecular flexibility index (Phi) is 13.8. The van der Waals surface area contributed by atoms with Crippen LogP contribution < -0.4 is 24.8 Å². The number of nitro groups is 1. The van der Waals surface area contributed by atoms with Gasteiger partial charge < -0.3 is 20.1 Å². The number of rotatable bonds is 18. The van der Waals surface area contributed by atoms with Crippen LogP contribution in [0.5, 0.6) is 11.5 Å². The first-order valence-electron chi connectivity index (χ1n) is 17.5. The van der Waals surface area contributed by atoms with Gasteiger partial charge in [0.1, 0.15) is 36.4 Å². The number of nitro benzene ring substituents is 1. The molecule has 0 aliphatic rings. The molecule has 286 valence electrons. The SMILES string of the molecule is Cc1cc(OCCOc2ccc(C[C@H](NC(=O)c3ccccc3)C(=O)NS(=O)(=O)c3ccc(NCCCc4ccccc4)c([N+](=O)[O-])c3)cc2)cc(C)c1Cl. The van der Waals surface area contributed by atoms with E-state index in [-0.39, 0.29) is 30.9 Å². The molecule has 0 spiro atoms. The number of hydrogen-bond donors (Lipinski definition) is 3. The topological polar surface area (TPSA) is 166 Å². The van der Waals surface area contributed by atoms with Crippen molar-refractivity contribution in [1.29, 1.82) is 0 Å². The number of nitrogens with one attached hydrogen (secondary N) is 3. The van der Waals surface area contributed by atoms with Crippen molar-refractivity contribution in [2.24, 2.45) is 0 Å². The van der Waals surface area contributed by atoms with Crippen molar-refractivity contribution < 1.29 is 32.4 Å². The van der Waals surface area contributed by atoms with Crippen molar-refractivity contribution in [2.75, 3.05) is 25.1 Å². The van der Waals surface area contributed by atoms with Crippen LogP contribution in [0.4, 0.5) is 11.4 Å². The van der Waals surface area contributed by atoms with Crippen molar-refractivity contribution in [3.63, 3.8) is 0 Å². The van der Waals surface area contributed by atoms with Crippen LogP contribution in [0.3, 0.4) is 0 Å². The highest BCUT2D eigenvalue weighted by atomic mass is 35.5. The molecule has 1 atom stereocenters. The van der Waals surface area contributed by atoms with Gasteiger partial charge in [-0.1, -0.05) is 72.3 Å². The summed E-state index contributed by atoms with van der Waals surface area (Å²) in [7, 11) is -4.60. The molecule has 0 aliphatic carbocycles. The van der Waals surface area contributed by atoms with Crippen molar-refractivity contribution in [2.45, 2.75) is 44.0 Å². The lowest BCUT2D eigenvalue weighted by atomic mass is 10.0. The standard InChI is InChI=1S/C41H41ClN4O8S/c1-28-24-34(25-29(2)39(28)42)54-23-22-53-33-17-15-31(16-18-33)26-37(44-40(47)32-13-7-4-8-14-32)41(48)45-55(51,52)35-19-20-36(38(27-35)46(49)50)43-21-9-12-30-10-5-3-6-11-30/h3-8,10-11,13-20,24-25,27,37,43H,9,12,21-23,26H2,1-2H3,(H,44,47)(H,45,48)/t37-/m0/s1. The molecule has 2 amide bonds. The lowest BCUT2D eigenvalue weighted by Crippen LogP contribution is -2.49. The predicted molar refractivity (Wildman–Crippen MR) is 211 cm³/mol. The van der Waals surface area contributed by atoms with Crippen LogP contribution in [-0.2, 0) is 27.7 Å². The molecule has 5 aromatic carbocycles. The Morgan fingerprint density at radius 2 is 1.42 bits per heavy atom. The van der Waals surface area contributed by atoms with Gasteiger partial charge in [-0.05, 0) is 97.5 Å². The Hall–Kier alpha value is -5.92. The second-order valence-corrected chi connectivity index (χ2v) is 14.8. The van der Waals surface area contributed by atoms with Crippen LogP contribution >= 0.6 is 11.6 Å². The van der Waals surface area contributed by atoms with Crippen LogP contribution in [-0.4, -0.2) is 51.0 Å². The number of amides is 2. The summed E-state index contributed by atoms with van der Waals surface area (Å²) in [6.07, 6.45) is 1.36. The zero-order chi connectivity index (χ0) is 39.4. The van der Waals surface area contributed by atoms with Gasteiger partial charge in [-0.3, -0.25) is 19.7 Å². The number of hydrogen-bond acceptors (Lipinski definition) is 9. The highest BCUT2D eigenvalue weighted by molar-refractivity contribution is 7.90. The first kappa shape index (κ1) is 40.3. The minimum Gasteiger partial charge on any atom is -0.490 e. The van der Waals surface area contributed by atoms with Gasteiger partial charge in [-0.15, -0.1) is 0 Å². The number of anilines is 1. The lowest BCUT2D eigenvalue weighted by Gasteiger charge is -2.19. The quantitative estimate of drug-likeness (QED) is 0.0473. The molecule has 14 heteroatoms. The van der Waals surface area contributed by atoms with Crippen molar-refractivity contribution in [1.82, 2.24) is 10.0 Å². The second kappa shape index (κ2) is 18.9. The minimum atomic E-state index is -4.60. The third kappa shape index (κ3) is 11.5. The molecule has 0 fully saturated rings. The fourth-order valence-electron chi connectivity index (χ4n) is 5.71. The van der Waals surface area contributed by atoms with E-state index in [1.807, 2.05) is 61.0 Å². The van der Waals surface area contributed by atoms with E-state index in [9.17, 15) is 28.1 Å². The number of nitrogens with zero attached hydrogens (tertiary/aromatic N) is 1. The van der Waals surface area contributed by atoms with Crippen molar-refractivity contribution >= 4 is 44.8 Å². The number of carbonyl (C=O) groups is 2. The second-order valence-electron chi connectivity index (χ2n) is 12.7. The summed E-state index contributed by atoms with van der Waals surface area (Å²) >= 11 is 6.24. The molecule has 0 bridgehead atoms. The van der Waals surface area contributed by atoms with Gasteiger partial charge in [0.05, 0.1) is 9.82 Å². The maximum atomic E-state index is 13.6. The van der Waals surface area contributed by atoms with Gasteiger partial charge in [-0.25, -0.2) is 13.1 Å². The zero-order valence-electron chi connectivity index (χ0n) is 30.3. The van der Waals surface area contributed by atoms with E-state index in [1.54, 1.807) is 54.6 Å². The van der Waals surface area contributed by atoms with Gasteiger partial charge in [0.25, 0.3) is 27.5 Å². The molecular formula is C41H41ClN4O8S. The molecule has 0 unspecified atom stereocenters. The smallest absolute Gasteiger partial charge is 0.293 e. The monoisotopic (exact) mass is 784 g/mol. The molecule has 3 N–H and O–H groups in total. The lowest BCUT2D eigenvalue weighted by molar-refractivity contribution is -0.384. The van der Waals surface area contributed by atoms with Crippen LogP contribution in [0.15, 0.2) is 120 Å². The Labute approximate surface area is 325 Å².